The Bertz CT molecular complexity index is 631. The van der Waals surface area contributed by atoms with Crippen LogP contribution in [0.4, 0.5) is 10.6 Å². The minimum absolute atomic E-state index is 0.0835. The zero-order chi connectivity index (χ0) is 16.1. The zero-order valence-electron chi connectivity index (χ0n) is 13.5. The van der Waals surface area contributed by atoms with E-state index in [2.05, 4.69) is 40.8 Å². The summed E-state index contributed by atoms with van der Waals surface area (Å²) in [6.45, 7) is 3.42. The number of aryl methyl sites for hydroxylation is 2. The first kappa shape index (κ1) is 15.6. The highest BCUT2D eigenvalue weighted by Gasteiger charge is 2.23. The Balaban J connectivity index is 1.42. The van der Waals surface area contributed by atoms with Crippen molar-refractivity contribution in [1.29, 1.82) is 0 Å². The number of benzene rings is 1. The highest BCUT2D eigenvalue weighted by atomic mass is 16.5. The second-order valence-electron chi connectivity index (χ2n) is 6.21. The predicted octanol–water partition coefficient (Wildman–Crippen LogP) is 3.86. The number of piperidine rings is 1. The smallest absolute Gasteiger partial charge is 0.323 e. The van der Waals surface area contributed by atoms with Crippen LogP contribution in [0.3, 0.4) is 0 Å². The summed E-state index contributed by atoms with van der Waals surface area (Å²) < 4.78 is 4.96. The van der Waals surface area contributed by atoms with Crippen molar-refractivity contribution in [3.05, 3.63) is 47.7 Å². The predicted molar refractivity (Wildman–Crippen MR) is 89.3 cm³/mol. The Morgan fingerprint density at radius 3 is 2.70 bits per heavy atom. The standard InChI is InChI=1S/C18H23N3O2/c1-14-13-17(20-23-14)19-18(22)21-11-9-16(10-12-21)8-7-15-5-3-2-4-6-15/h2-6,13,16H,7-12H2,1H3,(H,19,20,22). The molecule has 1 N–H and O–H groups in total. The maximum Gasteiger partial charge on any atom is 0.323 e. The molecule has 0 spiro atoms. The average Bonchev–Trinajstić information content (AvgIpc) is 2.99. The number of aromatic nitrogens is 1. The molecule has 5 nitrogen and oxygen atoms in total. The molecule has 3 rings (SSSR count). The molecule has 0 radical (unpaired) electrons. The zero-order valence-corrected chi connectivity index (χ0v) is 13.5. The molecule has 1 saturated heterocycles. The lowest BCUT2D eigenvalue weighted by atomic mass is 9.91. The lowest BCUT2D eigenvalue weighted by Crippen LogP contribution is -2.41. The van der Waals surface area contributed by atoms with E-state index in [1.165, 1.54) is 12.0 Å². The number of carbonyl (C=O) groups excluding carboxylic acids is 1. The molecule has 0 aliphatic carbocycles. The SMILES string of the molecule is Cc1cc(NC(=O)N2CCC(CCc3ccccc3)CC2)no1. The van der Waals surface area contributed by atoms with Gasteiger partial charge in [0.25, 0.3) is 0 Å². The van der Waals surface area contributed by atoms with Gasteiger partial charge in [0.15, 0.2) is 5.82 Å². The highest BCUT2D eigenvalue weighted by molar-refractivity contribution is 5.88. The number of hydrogen-bond donors (Lipinski definition) is 1. The number of rotatable bonds is 4. The fraction of sp³-hybridized carbons (Fsp3) is 0.444. The molecule has 0 saturated carbocycles. The Kier molecular flexibility index (Phi) is 4.95. The maximum absolute atomic E-state index is 12.2. The molecule has 0 atom stereocenters. The van der Waals surface area contributed by atoms with Crippen LogP contribution in [-0.4, -0.2) is 29.2 Å². The lowest BCUT2D eigenvalue weighted by Gasteiger charge is -2.31. The Morgan fingerprint density at radius 1 is 1.30 bits per heavy atom. The maximum atomic E-state index is 12.2. The van der Waals surface area contributed by atoms with Gasteiger partial charge < -0.3 is 9.42 Å². The summed E-state index contributed by atoms with van der Waals surface area (Å²) >= 11 is 0. The third-order valence-electron chi connectivity index (χ3n) is 4.45. The van der Waals surface area contributed by atoms with E-state index in [1.54, 1.807) is 13.0 Å². The van der Waals surface area contributed by atoms with Crippen molar-refractivity contribution in [2.75, 3.05) is 18.4 Å². The largest absolute Gasteiger partial charge is 0.360 e. The number of urea groups is 1. The van der Waals surface area contributed by atoms with Crippen molar-refractivity contribution in [1.82, 2.24) is 10.1 Å². The van der Waals surface area contributed by atoms with Crippen molar-refractivity contribution >= 4 is 11.8 Å². The molecule has 2 aromatic rings. The molecule has 1 aromatic heterocycles. The second kappa shape index (κ2) is 7.31. The summed E-state index contributed by atoms with van der Waals surface area (Å²) in [6.07, 6.45) is 4.45. The number of hydrogen-bond acceptors (Lipinski definition) is 3. The minimum atomic E-state index is -0.0835. The van der Waals surface area contributed by atoms with E-state index in [-0.39, 0.29) is 6.03 Å². The first-order chi connectivity index (χ1) is 11.2. The summed E-state index contributed by atoms with van der Waals surface area (Å²) in [6, 6.07) is 12.2. The topological polar surface area (TPSA) is 58.4 Å². The van der Waals surface area contributed by atoms with Crippen molar-refractivity contribution in [2.24, 2.45) is 5.92 Å². The Labute approximate surface area is 136 Å². The van der Waals surface area contributed by atoms with Gasteiger partial charge in [0, 0.05) is 19.2 Å². The van der Waals surface area contributed by atoms with Crippen LogP contribution in [0.25, 0.3) is 0 Å². The molecule has 0 unspecified atom stereocenters. The normalized spacial score (nSPS) is 15.6. The molecule has 2 heterocycles. The molecule has 5 heteroatoms. The van der Waals surface area contributed by atoms with Crippen molar-refractivity contribution in [3.63, 3.8) is 0 Å². The molecule has 2 amide bonds. The van der Waals surface area contributed by atoms with Gasteiger partial charge in [0.2, 0.25) is 0 Å². The monoisotopic (exact) mass is 313 g/mol. The number of likely N-dealkylation sites (tertiary alicyclic amines) is 1. The highest BCUT2D eigenvalue weighted by Crippen LogP contribution is 2.23. The van der Waals surface area contributed by atoms with Gasteiger partial charge >= 0.3 is 6.03 Å². The summed E-state index contributed by atoms with van der Waals surface area (Å²) in [7, 11) is 0. The third kappa shape index (κ3) is 4.34. The summed E-state index contributed by atoms with van der Waals surface area (Å²) in [4.78, 5) is 14.1. The average molecular weight is 313 g/mol. The van der Waals surface area contributed by atoms with Gasteiger partial charge in [-0.25, -0.2) is 4.79 Å². The van der Waals surface area contributed by atoms with E-state index in [0.717, 1.165) is 32.4 Å². The van der Waals surface area contributed by atoms with Crippen LogP contribution in [-0.2, 0) is 6.42 Å². The number of nitrogens with zero attached hydrogens (tertiary/aromatic N) is 2. The molecule has 23 heavy (non-hydrogen) atoms. The quantitative estimate of drug-likeness (QED) is 0.932. The minimum Gasteiger partial charge on any atom is -0.360 e. The molecular formula is C18H23N3O2. The number of carbonyl (C=O) groups is 1. The molecule has 1 aliphatic rings. The van der Waals surface area contributed by atoms with E-state index in [1.807, 2.05) is 4.90 Å². The Hall–Kier alpha value is -2.30. The van der Waals surface area contributed by atoms with E-state index >= 15 is 0 Å². The molecular weight excluding hydrogens is 290 g/mol. The van der Waals surface area contributed by atoms with Crippen LogP contribution in [0, 0.1) is 12.8 Å². The van der Waals surface area contributed by atoms with Crippen molar-refractivity contribution in [3.8, 4) is 0 Å². The first-order valence-corrected chi connectivity index (χ1v) is 8.24. The van der Waals surface area contributed by atoms with Gasteiger partial charge in [-0.3, -0.25) is 5.32 Å². The third-order valence-corrected chi connectivity index (χ3v) is 4.45. The number of nitrogens with one attached hydrogen (secondary N) is 1. The fourth-order valence-corrected chi connectivity index (χ4v) is 3.05. The second-order valence-corrected chi connectivity index (χ2v) is 6.21. The van der Waals surface area contributed by atoms with Crippen LogP contribution < -0.4 is 5.32 Å². The van der Waals surface area contributed by atoms with Crippen LogP contribution in [0.2, 0.25) is 0 Å². The van der Waals surface area contributed by atoms with Gasteiger partial charge in [-0.15, -0.1) is 0 Å². The van der Waals surface area contributed by atoms with Gasteiger partial charge in [-0.2, -0.15) is 0 Å². The summed E-state index contributed by atoms with van der Waals surface area (Å²) in [5.74, 6) is 1.88. The molecule has 122 valence electrons. The van der Waals surface area contributed by atoms with Crippen LogP contribution >= 0.6 is 0 Å². The van der Waals surface area contributed by atoms with E-state index < -0.39 is 0 Å². The van der Waals surface area contributed by atoms with Crippen molar-refractivity contribution < 1.29 is 9.32 Å². The first-order valence-electron chi connectivity index (χ1n) is 8.24. The van der Waals surface area contributed by atoms with E-state index in [4.69, 9.17) is 4.52 Å². The number of anilines is 1. The van der Waals surface area contributed by atoms with Gasteiger partial charge in [0.05, 0.1) is 0 Å². The van der Waals surface area contributed by atoms with Gasteiger partial charge in [0.1, 0.15) is 5.76 Å². The van der Waals surface area contributed by atoms with E-state index in [9.17, 15) is 4.79 Å². The lowest BCUT2D eigenvalue weighted by molar-refractivity contribution is 0.180. The van der Waals surface area contributed by atoms with Crippen LogP contribution in [0.1, 0.15) is 30.6 Å². The molecule has 0 bridgehead atoms. The summed E-state index contributed by atoms with van der Waals surface area (Å²) in [5.41, 5.74) is 1.40. The summed E-state index contributed by atoms with van der Waals surface area (Å²) in [5, 5.41) is 6.58. The molecule has 1 aliphatic heterocycles. The number of amides is 2. The fourth-order valence-electron chi connectivity index (χ4n) is 3.05. The molecule has 1 fully saturated rings. The van der Waals surface area contributed by atoms with Gasteiger partial charge in [-0.1, -0.05) is 35.5 Å². The molecule has 1 aromatic carbocycles. The Morgan fingerprint density at radius 2 is 2.04 bits per heavy atom. The van der Waals surface area contributed by atoms with Crippen LogP contribution in [0.5, 0.6) is 0 Å². The van der Waals surface area contributed by atoms with E-state index in [0.29, 0.717) is 17.5 Å². The van der Waals surface area contributed by atoms with Gasteiger partial charge in [-0.05, 0) is 44.1 Å². The van der Waals surface area contributed by atoms with Crippen molar-refractivity contribution in [2.45, 2.75) is 32.6 Å². The van der Waals surface area contributed by atoms with Crippen LogP contribution in [0.15, 0.2) is 40.9 Å².